The number of hydrogen-bond acceptors (Lipinski definition) is 3. The molecule has 0 spiro atoms. The summed E-state index contributed by atoms with van der Waals surface area (Å²) in [6.45, 7) is 0. The Morgan fingerprint density at radius 2 is 1.93 bits per heavy atom. The lowest BCUT2D eigenvalue weighted by Crippen LogP contribution is -1.99. The van der Waals surface area contributed by atoms with Gasteiger partial charge in [0.1, 0.15) is 11.8 Å². The van der Waals surface area contributed by atoms with Crippen LogP contribution < -0.4 is 0 Å². The molecule has 1 aromatic carbocycles. The van der Waals surface area contributed by atoms with E-state index in [2.05, 4.69) is 15.4 Å². The fourth-order valence-corrected chi connectivity index (χ4v) is 1.15. The van der Waals surface area contributed by atoms with Gasteiger partial charge in [0, 0.05) is 0 Å². The lowest BCUT2D eigenvalue weighted by atomic mass is 10.1. The average molecular weight is 193 g/mol. The van der Waals surface area contributed by atoms with E-state index in [1.54, 1.807) is 0 Å². The first-order valence-corrected chi connectivity index (χ1v) is 3.96. The van der Waals surface area contributed by atoms with Crippen LogP contribution >= 0.6 is 0 Å². The van der Waals surface area contributed by atoms with Crippen LogP contribution in [0.2, 0.25) is 0 Å². The number of aliphatic hydroxyl groups excluding tert-OH is 1. The Morgan fingerprint density at radius 1 is 1.21 bits per heavy atom. The molecular formula is C9H11N3O2. The number of aromatic amines is 1. The minimum atomic E-state index is -0.694. The number of nitrogens with zero attached hydrogens (tertiary/aromatic N) is 2. The molecule has 0 aliphatic rings. The van der Waals surface area contributed by atoms with Gasteiger partial charge < -0.3 is 10.6 Å². The lowest BCUT2D eigenvalue weighted by Gasteiger charge is -2.05. The highest BCUT2D eigenvalue weighted by atomic mass is 16.3. The highest BCUT2D eigenvalue weighted by Crippen LogP contribution is 2.17. The van der Waals surface area contributed by atoms with Gasteiger partial charge in [-0.3, -0.25) is 0 Å². The van der Waals surface area contributed by atoms with Crippen molar-refractivity contribution in [3.05, 3.63) is 47.8 Å². The summed E-state index contributed by atoms with van der Waals surface area (Å²) < 4.78 is 0. The fraction of sp³-hybridized carbons (Fsp3) is 0.111. The monoisotopic (exact) mass is 193 g/mol. The van der Waals surface area contributed by atoms with Crippen LogP contribution in [0, 0.1) is 0 Å². The molecule has 0 saturated heterocycles. The van der Waals surface area contributed by atoms with E-state index in [-0.39, 0.29) is 5.48 Å². The first kappa shape index (κ1) is 10.4. The number of aliphatic hydroxyl groups is 1. The Kier molecular flexibility index (Phi) is 3.33. The second-order valence-electron chi connectivity index (χ2n) is 2.71. The average Bonchev–Trinajstić information content (AvgIpc) is 2.71. The third-order valence-corrected chi connectivity index (χ3v) is 1.83. The van der Waals surface area contributed by atoms with Gasteiger partial charge in [0.2, 0.25) is 0 Å². The Hall–Kier alpha value is -1.72. The predicted octanol–water partition coefficient (Wildman–Crippen LogP) is 0.0617. The molecule has 0 saturated carbocycles. The molecule has 1 atom stereocenters. The highest BCUT2D eigenvalue weighted by Gasteiger charge is 2.11. The third-order valence-electron chi connectivity index (χ3n) is 1.83. The SMILES string of the molecule is O.OC(c1ccccc1)c1cn[nH]n1. The van der Waals surface area contributed by atoms with Gasteiger partial charge in [-0.15, -0.1) is 0 Å². The largest absolute Gasteiger partial charge is 0.412 e. The van der Waals surface area contributed by atoms with Gasteiger partial charge in [-0.05, 0) is 5.56 Å². The van der Waals surface area contributed by atoms with E-state index < -0.39 is 6.10 Å². The molecule has 0 radical (unpaired) electrons. The Bertz CT molecular complexity index is 361. The standard InChI is InChI=1S/C9H9N3O.H2O/c13-9(8-6-10-12-11-8)7-4-2-1-3-5-7;/h1-6,9,13H,(H,10,11,12);1H2. The first-order chi connectivity index (χ1) is 6.38. The summed E-state index contributed by atoms with van der Waals surface area (Å²) in [6.07, 6.45) is 0.817. The second kappa shape index (κ2) is 4.50. The van der Waals surface area contributed by atoms with Gasteiger partial charge in [-0.1, -0.05) is 30.3 Å². The summed E-state index contributed by atoms with van der Waals surface area (Å²) in [5.41, 5.74) is 1.35. The minimum Gasteiger partial charge on any atom is -0.412 e. The molecule has 5 heteroatoms. The molecule has 2 aromatic rings. The van der Waals surface area contributed by atoms with Crippen molar-refractivity contribution in [2.75, 3.05) is 0 Å². The zero-order chi connectivity index (χ0) is 9.10. The van der Waals surface area contributed by atoms with E-state index in [1.165, 1.54) is 6.20 Å². The van der Waals surface area contributed by atoms with E-state index in [1.807, 2.05) is 30.3 Å². The predicted molar refractivity (Wildman–Crippen MR) is 50.5 cm³/mol. The van der Waals surface area contributed by atoms with Crippen LogP contribution in [0.3, 0.4) is 0 Å². The van der Waals surface area contributed by atoms with E-state index in [9.17, 15) is 5.11 Å². The zero-order valence-electron chi connectivity index (χ0n) is 7.38. The highest BCUT2D eigenvalue weighted by molar-refractivity contribution is 5.23. The van der Waals surface area contributed by atoms with Crippen molar-refractivity contribution in [2.45, 2.75) is 6.10 Å². The molecular weight excluding hydrogens is 182 g/mol. The number of aromatic nitrogens is 3. The first-order valence-electron chi connectivity index (χ1n) is 3.96. The lowest BCUT2D eigenvalue weighted by molar-refractivity contribution is 0.215. The van der Waals surface area contributed by atoms with Gasteiger partial charge in [0.05, 0.1) is 6.20 Å². The second-order valence-corrected chi connectivity index (χ2v) is 2.71. The number of rotatable bonds is 2. The smallest absolute Gasteiger partial charge is 0.124 e. The molecule has 0 aliphatic heterocycles. The minimum absolute atomic E-state index is 0. The molecule has 14 heavy (non-hydrogen) atoms. The molecule has 1 heterocycles. The molecule has 0 aliphatic carbocycles. The zero-order valence-corrected chi connectivity index (χ0v) is 7.38. The quantitative estimate of drug-likeness (QED) is 0.706. The van der Waals surface area contributed by atoms with Crippen LogP contribution in [0.15, 0.2) is 36.5 Å². The topological polar surface area (TPSA) is 93.3 Å². The summed E-state index contributed by atoms with van der Waals surface area (Å²) in [7, 11) is 0. The summed E-state index contributed by atoms with van der Waals surface area (Å²) >= 11 is 0. The van der Waals surface area contributed by atoms with Crippen LogP contribution in [0.1, 0.15) is 17.4 Å². The van der Waals surface area contributed by atoms with Gasteiger partial charge in [0.25, 0.3) is 0 Å². The van der Waals surface area contributed by atoms with E-state index in [0.29, 0.717) is 5.69 Å². The molecule has 2 rings (SSSR count). The van der Waals surface area contributed by atoms with Crippen LogP contribution in [0.25, 0.3) is 0 Å². The number of nitrogens with one attached hydrogen (secondary N) is 1. The molecule has 0 bridgehead atoms. The van der Waals surface area contributed by atoms with Crippen LogP contribution in [-0.4, -0.2) is 26.0 Å². The van der Waals surface area contributed by atoms with Crippen LogP contribution in [-0.2, 0) is 0 Å². The molecule has 1 aromatic heterocycles. The number of benzene rings is 1. The van der Waals surface area contributed by atoms with Gasteiger partial charge in [-0.25, -0.2) is 0 Å². The molecule has 4 N–H and O–H groups in total. The molecule has 1 unspecified atom stereocenters. The number of hydrogen-bond donors (Lipinski definition) is 2. The Morgan fingerprint density at radius 3 is 2.50 bits per heavy atom. The normalized spacial score (nSPS) is 11.8. The summed E-state index contributed by atoms with van der Waals surface area (Å²) in [5, 5.41) is 19.7. The van der Waals surface area contributed by atoms with Gasteiger partial charge in [-0.2, -0.15) is 15.4 Å². The maximum absolute atomic E-state index is 9.76. The molecule has 74 valence electrons. The molecule has 0 fully saturated rings. The summed E-state index contributed by atoms with van der Waals surface area (Å²) in [4.78, 5) is 0. The van der Waals surface area contributed by atoms with Crippen LogP contribution in [0.4, 0.5) is 0 Å². The van der Waals surface area contributed by atoms with Crippen molar-refractivity contribution in [3.8, 4) is 0 Å². The summed E-state index contributed by atoms with van der Waals surface area (Å²) in [5.74, 6) is 0. The maximum atomic E-state index is 9.76. The Labute approximate surface area is 80.7 Å². The van der Waals surface area contributed by atoms with Crippen molar-refractivity contribution in [1.29, 1.82) is 0 Å². The van der Waals surface area contributed by atoms with Gasteiger partial charge >= 0.3 is 0 Å². The van der Waals surface area contributed by atoms with Crippen molar-refractivity contribution in [1.82, 2.24) is 15.4 Å². The van der Waals surface area contributed by atoms with E-state index in [0.717, 1.165) is 5.56 Å². The molecule has 5 nitrogen and oxygen atoms in total. The van der Waals surface area contributed by atoms with Gasteiger partial charge in [0.15, 0.2) is 0 Å². The van der Waals surface area contributed by atoms with E-state index >= 15 is 0 Å². The fourth-order valence-electron chi connectivity index (χ4n) is 1.15. The Balaban J connectivity index is 0.000000980. The van der Waals surface area contributed by atoms with Crippen molar-refractivity contribution in [2.24, 2.45) is 0 Å². The molecule has 0 amide bonds. The van der Waals surface area contributed by atoms with Crippen molar-refractivity contribution >= 4 is 0 Å². The van der Waals surface area contributed by atoms with Crippen LogP contribution in [0.5, 0.6) is 0 Å². The number of H-pyrrole nitrogens is 1. The van der Waals surface area contributed by atoms with E-state index in [4.69, 9.17) is 0 Å². The van der Waals surface area contributed by atoms with Crippen molar-refractivity contribution < 1.29 is 10.6 Å². The maximum Gasteiger partial charge on any atom is 0.124 e. The third kappa shape index (κ3) is 1.95. The summed E-state index contributed by atoms with van der Waals surface area (Å²) in [6, 6.07) is 9.34. The van der Waals surface area contributed by atoms with Crippen molar-refractivity contribution in [3.63, 3.8) is 0 Å².